The Hall–Kier alpha value is -1.36. The molecule has 1 aromatic carbocycles. The molecular weight excluding hydrogens is 262 g/mol. The van der Waals surface area contributed by atoms with Gasteiger partial charge in [0.2, 0.25) is 0 Å². The number of anilines is 1. The summed E-state index contributed by atoms with van der Waals surface area (Å²) >= 11 is 0. The van der Waals surface area contributed by atoms with Gasteiger partial charge in [-0.05, 0) is 32.9 Å². The van der Waals surface area contributed by atoms with E-state index in [1.54, 1.807) is 20.8 Å². The zero-order chi connectivity index (χ0) is 14.5. The fourth-order valence-corrected chi connectivity index (χ4v) is 2.51. The molecule has 0 saturated heterocycles. The average Bonchev–Trinajstić information content (AvgIpc) is 2.34. The minimum absolute atomic E-state index is 0.0550. The molecule has 0 radical (unpaired) electrons. The molecule has 0 aliphatic heterocycles. The number of hydrogen-bond donors (Lipinski definition) is 1. The summed E-state index contributed by atoms with van der Waals surface area (Å²) in [5, 5.41) is 2.98. The van der Waals surface area contributed by atoms with Gasteiger partial charge in [0, 0.05) is 12.1 Å². The van der Waals surface area contributed by atoms with E-state index < -0.39 is 14.6 Å². The summed E-state index contributed by atoms with van der Waals surface area (Å²) in [7, 11) is -3.22. The van der Waals surface area contributed by atoms with Crippen molar-refractivity contribution in [2.24, 2.45) is 0 Å². The van der Waals surface area contributed by atoms with Gasteiger partial charge in [-0.25, -0.2) is 8.42 Å². The summed E-state index contributed by atoms with van der Waals surface area (Å²) in [6.07, 6.45) is 0.0550. The number of carbonyl (C=O) groups is 1. The van der Waals surface area contributed by atoms with E-state index in [-0.39, 0.29) is 24.5 Å². The van der Waals surface area contributed by atoms with Gasteiger partial charge in [0.05, 0.1) is 17.0 Å². The van der Waals surface area contributed by atoms with Gasteiger partial charge in [0.25, 0.3) is 0 Å². The van der Waals surface area contributed by atoms with Crippen LogP contribution < -0.4 is 5.32 Å². The first-order valence-corrected chi connectivity index (χ1v) is 7.90. The van der Waals surface area contributed by atoms with Crippen LogP contribution >= 0.6 is 0 Å². The summed E-state index contributed by atoms with van der Waals surface area (Å²) < 4.78 is 22.9. The Labute approximate surface area is 115 Å². The second-order valence-electron chi connectivity index (χ2n) is 5.44. The quantitative estimate of drug-likeness (QED) is 0.870. The van der Waals surface area contributed by atoms with E-state index in [9.17, 15) is 13.2 Å². The Kier molecular flexibility index (Phi) is 5.11. The van der Waals surface area contributed by atoms with Gasteiger partial charge in [0.15, 0.2) is 15.6 Å². The molecule has 0 unspecified atom stereocenters. The SMILES string of the molecule is CC(C)(C)S(=O)(=O)CCC(=O)CNc1ccccc1. The monoisotopic (exact) mass is 283 g/mol. The second kappa shape index (κ2) is 6.19. The molecule has 0 bridgehead atoms. The maximum atomic E-state index is 11.9. The normalized spacial score (nSPS) is 12.2. The maximum absolute atomic E-state index is 11.9. The Morgan fingerprint density at radius 2 is 1.74 bits per heavy atom. The minimum Gasteiger partial charge on any atom is -0.378 e. The molecule has 0 amide bonds. The molecule has 0 fully saturated rings. The fraction of sp³-hybridized carbons (Fsp3) is 0.500. The Balaban J connectivity index is 2.41. The number of para-hydroxylation sites is 1. The van der Waals surface area contributed by atoms with E-state index in [2.05, 4.69) is 5.32 Å². The lowest BCUT2D eigenvalue weighted by atomic mass is 10.2. The van der Waals surface area contributed by atoms with Crippen LogP contribution in [0.4, 0.5) is 5.69 Å². The van der Waals surface area contributed by atoms with Crippen LogP contribution in [-0.2, 0) is 14.6 Å². The number of rotatable bonds is 6. The lowest BCUT2D eigenvalue weighted by Crippen LogP contribution is -2.31. The highest BCUT2D eigenvalue weighted by Crippen LogP contribution is 2.16. The first kappa shape index (κ1) is 15.7. The molecule has 0 spiro atoms. The van der Waals surface area contributed by atoms with E-state index in [1.165, 1.54) is 0 Å². The number of Topliss-reactive ketones (excluding diaryl/α,β-unsaturated/α-hetero) is 1. The summed E-state index contributed by atoms with van der Waals surface area (Å²) in [6, 6.07) is 9.36. The molecule has 1 N–H and O–H groups in total. The summed E-state index contributed by atoms with van der Waals surface area (Å²) in [5.41, 5.74) is 0.856. The molecular formula is C14H21NO3S. The molecule has 0 aromatic heterocycles. The van der Waals surface area contributed by atoms with Crippen LogP contribution in [0.25, 0.3) is 0 Å². The number of sulfone groups is 1. The largest absolute Gasteiger partial charge is 0.378 e. The van der Waals surface area contributed by atoms with Crippen molar-refractivity contribution in [2.75, 3.05) is 17.6 Å². The topological polar surface area (TPSA) is 63.2 Å². The van der Waals surface area contributed by atoms with Crippen LogP contribution in [0.3, 0.4) is 0 Å². The average molecular weight is 283 g/mol. The van der Waals surface area contributed by atoms with Gasteiger partial charge in [-0.3, -0.25) is 4.79 Å². The Bertz CT molecular complexity index is 515. The van der Waals surface area contributed by atoms with Crippen molar-refractivity contribution in [3.05, 3.63) is 30.3 Å². The highest BCUT2D eigenvalue weighted by atomic mass is 32.2. The van der Waals surface area contributed by atoms with Crippen molar-refractivity contribution in [3.8, 4) is 0 Å². The zero-order valence-corrected chi connectivity index (χ0v) is 12.5. The van der Waals surface area contributed by atoms with Crippen LogP contribution in [0.15, 0.2) is 30.3 Å². The Morgan fingerprint density at radius 3 is 2.26 bits per heavy atom. The lowest BCUT2D eigenvalue weighted by Gasteiger charge is -2.18. The summed E-state index contributed by atoms with van der Waals surface area (Å²) in [6.45, 7) is 5.10. The molecule has 4 nitrogen and oxygen atoms in total. The molecule has 0 atom stereocenters. The van der Waals surface area contributed by atoms with Crippen LogP contribution in [0, 0.1) is 0 Å². The number of ketones is 1. The van der Waals surface area contributed by atoms with E-state index >= 15 is 0 Å². The van der Waals surface area contributed by atoms with Crippen molar-refractivity contribution in [1.82, 2.24) is 0 Å². The Morgan fingerprint density at radius 1 is 1.16 bits per heavy atom. The third-order valence-corrected chi connectivity index (χ3v) is 5.45. The van der Waals surface area contributed by atoms with Crippen molar-refractivity contribution in [3.63, 3.8) is 0 Å². The number of nitrogens with one attached hydrogen (secondary N) is 1. The predicted molar refractivity (Wildman–Crippen MR) is 78.1 cm³/mol. The molecule has 1 rings (SSSR count). The lowest BCUT2D eigenvalue weighted by molar-refractivity contribution is -0.117. The van der Waals surface area contributed by atoms with Gasteiger partial charge in [0.1, 0.15) is 0 Å². The number of hydrogen-bond acceptors (Lipinski definition) is 4. The van der Waals surface area contributed by atoms with E-state index in [0.717, 1.165) is 5.69 Å². The molecule has 0 heterocycles. The predicted octanol–water partition coefficient (Wildman–Crippen LogP) is 2.27. The molecule has 0 aliphatic carbocycles. The standard InChI is InChI=1S/C14H21NO3S/c1-14(2,3)19(17,18)10-9-13(16)11-15-12-7-5-4-6-8-12/h4-8,15H,9-11H2,1-3H3. The van der Waals surface area contributed by atoms with Crippen molar-refractivity contribution >= 4 is 21.3 Å². The first-order valence-electron chi connectivity index (χ1n) is 6.25. The van der Waals surface area contributed by atoms with Crippen molar-refractivity contribution < 1.29 is 13.2 Å². The summed E-state index contributed by atoms with van der Waals surface area (Å²) in [4.78, 5) is 11.7. The van der Waals surface area contributed by atoms with Gasteiger partial charge < -0.3 is 5.32 Å². The highest BCUT2D eigenvalue weighted by molar-refractivity contribution is 7.92. The van der Waals surface area contributed by atoms with Gasteiger partial charge in [-0.15, -0.1) is 0 Å². The van der Waals surface area contributed by atoms with E-state index in [4.69, 9.17) is 0 Å². The second-order valence-corrected chi connectivity index (χ2v) is 8.30. The highest BCUT2D eigenvalue weighted by Gasteiger charge is 2.28. The van der Waals surface area contributed by atoms with E-state index in [1.807, 2.05) is 30.3 Å². The fourth-order valence-electron chi connectivity index (χ4n) is 1.40. The van der Waals surface area contributed by atoms with Crippen LogP contribution in [0.1, 0.15) is 27.2 Å². The van der Waals surface area contributed by atoms with Crippen LogP contribution in [-0.4, -0.2) is 31.2 Å². The molecule has 1 aromatic rings. The number of benzene rings is 1. The van der Waals surface area contributed by atoms with Gasteiger partial charge in [-0.1, -0.05) is 18.2 Å². The van der Waals surface area contributed by atoms with Gasteiger partial charge >= 0.3 is 0 Å². The minimum atomic E-state index is -3.22. The van der Waals surface area contributed by atoms with Gasteiger partial charge in [-0.2, -0.15) is 0 Å². The van der Waals surface area contributed by atoms with Crippen molar-refractivity contribution in [1.29, 1.82) is 0 Å². The van der Waals surface area contributed by atoms with Crippen LogP contribution in [0.5, 0.6) is 0 Å². The smallest absolute Gasteiger partial charge is 0.155 e. The van der Waals surface area contributed by atoms with Crippen LogP contribution in [0.2, 0.25) is 0 Å². The molecule has 19 heavy (non-hydrogen) atoms. The molecule has 0 saturated carbocycles. The number of carbonyl (C=O) groups excluding carboxylic acids is 1. The van der Waals surface area contributed by atoms with E-state index in [0.29, 0.717) is 0 Å². The zero-order valence-electron chi connectivity index (χ0n) is 11.6. The third kappa shape index (κ3) is 5.03. The third-order valence-electron chi connectivity index (χ3n) is 2.85. The summed E-state index contributed by atoms with van der Waals surface area (Å²) in [5.74, 6) is -0.192. The molecule has 106 valence electrons. The van der Waals surface area contributed by atoms with Crippen molar-refractivity contribution in [2.45, 2.75) is 31.9 Å². The first-order chi connectivity index (χ1) is 8.72. The maximum Gasteiger partial charge on any atom is 0.155 e. The molecule has 5 heteroatoms. The molecule has 0 aliphatic rings.